The lowest BCUT2D eigenvalue weighted by Gasteiger charge is -2.38. The molecule has 0 aromatic rings. The molecule has 1 N–H and O–H groups in total. The second-order valence-corrected chi connectivity index (χ2v) is 5.12. The Kier molecular flexibility index (Phi) is 3.82. The van der Waals surface area contributed by atoms with Gasteiger partial charge in [-0.25, -0.2) is 0 Å². The molecule has 0 radical (unpaired) electrons. The molecule has 2 rings (SSSR count). The normalized spacial score (nSPS) is 33.9. The number of nitrogens with one attached hydrogen (secondary N) is 1. The summed E-state index contributed by atoms with van der Waals surface area (Å²) in [4.78, 5) is 16.6. The number of hydrogen-bond acceptors (Lipinski definition) is 3. The van der Waals surface area contributed by atoms with Crippen LogP contribution in [0.25, 0.3) is 0 Å². The number of nitrogens with zero attached hydrogens (tertiary/aromatic N) is 2. The Labute approximate surface area is 98.0 Å². The second-order valence-electron chi connectivity index (χ2n) is 5.12. The third-order valence-corrected chi connectivity index (χ3v) is 3.72. The molecule has 0 aromatic carbocycles. The predicted octanol–water partition coefficient (Wildman–Crippen LogP) is 0.291. The van der Waals surface area contributed by atoms with Gasteiger partial charge in [0.1, 0.15) is 0 Å². The van der Waals surface area contributed by atoms with Gasteiger partial charge in [-0.15, -0.1) is 0 Å². The average Bonchev–Trinajstić information content (AvgIpc) is 2.42. The van der Waals surface area contributed by atoms with Gasteiger partial charge in [0.05, 0.1) is 6.04 Å². The Morgan fingerprint density at radius 3 is 2.88 bits per heavy atom. The van der Waals surface area contributed by atoms with Crippen molar-refractivity contribution in [1.29, 1.82) is 0 Å². The molecule has 0 aliphatic carbocycles. The fourth-order valence-corrected chi connectivity index (χ4v) is 2.77. The van der Waals surface area contributed by atoms with E-state index in [0.29, 0.717) is 6.04 Å². The minimum Gasteiger partial charge on any atom is -0.337 e. The third-order valence-electron chi connectivity index (χ3n) is 3.72. The van der Waals surface area contributed by atoms with Crippen LogP contribution in [0.1, 0.15) is 26.2 Å². The SMILES string of the molecule is CC1NCCCN(C2CCCN(C)C2)C1=O. The third kappa shape index (κ3) is 2.55. The lowest BCUT2D eigenvalue weighted by atomic mass is 10.0. The Balaban J connectivity index is 2.02. The maximum atomic E-state index is 12.2. The summed E-state index contributed by atoms with van der Waals surface area (Å²) in [5.74, 6) is 0.290. The monoisotopic (exact) mass is 225 g/mol. The van der Waals surface area contributed by atoms with Crippen LogP contribution in [0.15, 0.2) is 0 Å². The molecule has 16 heavy (non-hydrogen) atoms. The van der Waals surface area contributed by atoms with Gasteiger partial charge in [-0.3, -0.25) is 4.79 Å². The summed E-state index contributed by atoms with van der Waals surface area (Å²) in [7, 11) is 2.15. The molecule has 0 spiro atoms. The van der Waals surface area contributed by atoms with Crippen molar-refractivity contribution in [1.82, 2.24) is 15.1 Å². The van der Waals surface area contributed by atoms with E-state index in [2.05, 4.69) is 22.2 Å². The lowest BCUT2D eigenvalue weighted by molar-refractivity contribution is -0.135. The van der Waals surface area contributed by atoms with E-state index in [1.807, 2.05) is 6.92 Å². The van der Waals surface area contributed by atoms with E-state index in [1.54, 1.807) is 0 Å². The fourth-order valence-electron chi connectivity index (χ4n) is 2.77. The maximum Gasteiger partial charge on any atom is 0.239 e. The zero-order chi connectivity index (χ0) is 11.5. The summed E-state index contributed by atoms with van der Waals surface area (Å²) in [5, 5.41) is 3.27. The van der Waals surface area contributed by atoms with Crippen LogP contribution < -0.4 is 5.32 Å². The van der Waals surface area contributed by atoms with Gasteiger partial charge in [-0.1, -0.05) is 0 Å². The Hall–Kier alpha value is -0.610. The van der Waals surface area contributed by atoms with Crippen molar-refractivity contribution in [3.63, 3.8) is 0 Å². The smallest absolute Gasteiger partial charge is 0.239 e. The van der Waals surface area contributed by atoms with Gasteiger partial charge in [0.15, 0.2) is 0 Å². The highest BCUT2D eigenvalue weighted by atomic mass is 16.2. The van der Waals surface area contributed by atoms with E-state index in [1.165, 1.54) is 19.4 Å². The van der Waals surface area contributed by atoms with Gasteiger partial charge in [0, 0.05) is 19.1 Å². The number of carbonyl (C=O) groups excluding carboxylic acids is 1. The van der Waals surface area contributed by atoms with Gasteiger partial charge < -0.3 is 15.1 Å². The van der Waals surface area contributed by atoms with E-state index >= 15 is 0 Å². The van der Waals surface area contributed by atoms with E-state index in [0.717, 1.165) is 26.1 Å². The average molecular weight is 225 g/mol. The summed E-state index contributed by atoms with van der Waals surface area (Å²) in [6.07, 6.45) is 3.46. The summed E-state index contributed by atoms with van der Waals surface area (Å²) < 4.78 is 0. The van der Waals surface area contributed by atoms with Crippen molar-refractivity contribution in [2.75, 3.05) is 33.2 Å². The van der Waals surface area contributed by atoms with Crippen molar-refractivity contribution in [3.05, 3.63) is 0 Å². The van der Waals surface area contributed by atoms with E-state index in [9.17, 15) is 4.79 Å². The van der Waals surface area contributed by atoms with Crippen LogP contribution >= 0.6 is 0 Å². The molecule has 2 fully saturated rings. The first-order valence-corrected chi connectivity index (χ1v) is 6.41. The Morgan fingerprint density at radius 1 is 1.31 bits per heavy atom. The topological polar surface area (TPSA) is 35.6 Å². The fraction of sp³-hybridized carbons (Fsp3) is 0.917. The molecule has 2 atom stereocenters. The van der Waals surface area contributed by atoms with E-state index in [-0.39, 0.29) is 11.9 Å². The van der Waals surface area contributed by atoms with Crippen LogP contribution in [-0.2, 0) is 4.79 Å². The highest BCUT2D eigenvalue weighted by Gasteiger charge is 2.30. The number of hydrogen-bond donors (Lipinski definition) is 1. The molecule has 2 saturated heterocycles. The van der Waals surface area contributed by atoms with Crippen molar-refractivity contribution in [3.8, 4) is 0 Å². The van der Waals surface area contributed by atoms with Crippen molar-refractivity contribution in [2.45, 2.75) is 38.3 Å². The number of rotatable bonds is 1. The molecule has 2 aliphatic rings. The number of amides is 1. The van der Waals surface area contributed by atoms with Crippen molar-refractivity contribution in [2.24, 2.45) is 0 Å². The van der Waals surface area contributed by atoms with Crippen LogP contribution in [0.4, 0.5) is 0 Å². The van der Waals surface area contributed by atoms with Crippen LogP contribution in [0.2, 0.25) is 0 Å². The Morgan fingerprint density at radius 2 is 2.12 bits per heavy atom. The summed E-state index contributed by atoms with van der Waals surface area (Å²) in [6, 6.07) is 0.434. The molecule has 92 valence electrons. The standard InChI is InChI=1S/C12H23N3O/c1-10-12(16)15(8-4-6-13-10)11-5-3-7-14(2)9-11/h10-11,13H,3-9H2,1-2H3. The lowest BCUT2D eigenvalue weighted by Crippen LogP contribution is -2.52. The first kappa shape index (κ1) is 11.9. The van der Waals surface area contributed by atoms with Crippen LogP contribution in [0.3, 0.4) is 0 Å². The molecule has 2 aliphatic heterocycles. The van der Waals surface area contributed by atoms with Crippen molar-refractivity contribution >= 4 is 5.91 Å². The molecule has 2 heterocycles. The molecule has 1 amide bonds. The summed E-state index contributed by atoms with van der Waals surface area (Å²) >= 11 is 0. The van der Waals surface area contributed by atoms with Crippen LogP contribution in [-0.4, -0.2) is 61.0 Å². The van der Waals surface area contributed by atoms with Gasteiger partial charge in [-0.05, 0) is 46.3 Å². The Bertz CT molecular complexity index is 257. The minimum atomic E-state index is -0.00488. The van der Waals surface area contributed by atoms with Gasteiger partial charge >= 0.3 is 0 Å². The molecule has 0 aromatic heterocycles. The predicted molar refractivity (Wildman–Crippen MR) is 64.3 cm³/mol. The molecule has 4 heteroatoms. The number of likely N-dealkylation sites (tertiary alicyclic amines) is 1. The zero-order valence-electron chi connectivity index (χ0n) is 10.4. The van der Waals surface area contributed by atoms with Gasteiger partial charge in [0.25, 0.3) is 0 Å². The van der Waals surface area contributed by atoms with Gasteiger partial charge in [-0.2, -0.15) is 0 Å². The quantitative estimate of drug-likeness (QED) is 0.697. The minimum absolute atomic E-state index is 0.00488. The van der Waals surface area contributed by atoms with E-state index in [4.69, 9.17) is 0 Å². The molecule has 0 bridgehead atoms. The highest BCUT2D eigenvalue weighted by Crippen LogP contribution is 2.17. The number of piperidine rings is 1. The molecule has 2 unspecified atom stereocenters. The molecule has 4 nitrogen and oxygen atoms in total. The summed E-state index contributed by atoms with van der Waals surface area (Å²) in [5.41, 5.74) is 0. The maximum absolute atomic E-state index is 12.2. The second kappa shape index (κ2) is 5.15. The van der Waals surface area contributed by atoms with Crippen LogP contribution in [0, 0.1) is 0 Å². The highest BCUT2D eigenvalue weighted by molar-refractivity contribution is 5.82. The largest absolute Gasteiger partial charge is 0.337 e. The zero-order valence-corrected chi connectivity index (χ0v) is 10.4. The first-order valence-electron chi connectivity index (χ1n) is 6.41. The molecular formula is C12H23N3O. The number of likely N-dealkylation sites (N-methyl/N-ethyl adjacent to an activating group) is 1. The molecular weight excluding hydrogens is 202 g/mol. The van der Waals surface area contributed by atoms with Gasteiger partial charge in [0.2, 0.25) is 5.91 Å². The number of carbonyl (C=O) groups is 1. The van der Waals surface area contributed by atoms with Crippen LogP contribution in [0.5, 0.6) is 0 Å². The van der Waals surface area contributed by atoms with Crippen molar-refractivity contribution < 1.29 is 4.79 Å². The van der Waals surface area contributed by atoms with E-state index < -0.39 is 0 Å². The molecule has 0 saturated carbocycles. The first-order chi connectivity index (χ1) is 7.68. The summed E-state index contributed by atoms with van der Waals surface area (Å²) in [6.45, 7) is 6.08.